The SMILES string of the molecule is OCc1cc2c(s1)C=COC2. The van der Waals surface area contributed by atoms with Crippen molar-refractivity contribution in [1.29, 1.82) is 0 Å². The summed E-state index contributed by atoms with van der Waals surface area (Å²) in [5.41, 5.74) is 1.18. The first-order chi connectivity index (χ1) is 5.40. The Morgan fingerprint density at radius 2 is 2.55 bits per heavy atom. The fourth-order valence-corrected chi connectivity index (χ4v) is 2.00. The van der Waals surface area contributed by atoms with Gasteiger partial charge in [-0.2, -0.15) is 0 Å². The van der Waals surface area contributed by atoms with Crippen molar-refractivity contribution in [2.45, 2.75) is 13.2 Å². The molecule has 0 saturated carbocycles. The summed E-state index contributed by atoms with van der Waals surface area (Å²) in [7, 11) is 0. The second-order valence-electron chi connectivity index (χ2n) is 2.37. The summed E-state index contributed by atoms with van der Waals surface area (Å²) < 4.78 is 5.10. The molecule has 1 aliphatic heterocycles. The van der Waals surface area contributed by atoms with Crippen LogP contribution in [0.4, 0.5) is 0 Å². The van der Waals surface area contributed by atoms with Gasteiger partial charge in [-0.25, -0.2) is 0 Å². The number of ether oxygens (including phenoxy) is 1. The maximum Gasteiger partial charge on any atom is 0.114 e. The van der Waals surface area contributed by atoms with Crippen molar-refractivity contribution in [3.8, 4) is 0 Å². The van der Waals surface area contributed by atoms with E-state index < -0.39 is 0 Å². The molecule has 0 aromatic carbocycles. The van der Waals surface area contributed by atoms with Crippen LogP contribution in [-0.2, 0) is 18.0 Å². The molecule has 1 aromatic rings. The third kappa shape index (κ3) is 1.17. The molecule has 3 heteroatoms. The molecule has 0 atom stereocenters. The summed E-state index contributed by atoms with van der Waals surface area (Å²) in [6.45, 7) is 0.772. The molecule has 0 spiro atoms. The number of hydrogen-bond acceptors (Lipinski definition) is 3. The molecule has 0 aliphatic carbocycles. The van der Waals surface area contributed by atoms with Crippen molar-refractivity contribution in [3.63, 3.8) is 0 Å². The molecule has 11 heavy (non-hydrogen) atoms. The molecule has 2 rings (SSSR count). The van der Waals surface area contributed by atoms with Crippen molar-refractivity contribution in [3.05, 3.63) is 27.6 Å². The molecule has 1 aromatic heterocycles. The van der Waals surface area contributed by atoms with Crippen LogP contribution in [0.25, 0.3) is 6.08 Å². The van der Waals surface area contributed by atoms with E-state index in [9.17, 15) is 0 Å². The number of hydrogen-bond donors (Lipinski definition) is 1. The molecule has 0 bridgehead atoms. The van der Waals surface area contributed by atoms with Crippen LogP contribution in [0, 0.1) is 0 Å². The first kappa shape index (κ1) is 6.88. The molecule has 1 N–H and O–H groups in total. The largest absolute Gasteiger partial charge is 0.496 e. The van der Waals surface area contributed by atoms with Gasteiger partial charge >= 0.3 is 0 Å². The summed E-state index contributed by atoms with van der Waals surface area (Å²) in [4.78, 5) is 2.21. The topological polar surface area (TPSA) is 29.5 Å². The highest BCUT2D eigenvalue weighted by Gasteiger charge is 2.08. The van der Waals surface area contributed by atoms with E-state index in [1.54, 1.807) is 17.6 Å². The molecule has 1 aliphatic rings. The first-order valence-corrected chi connectivity index (χ1v) is 4.22. The minimum atomic E-state index is 0.130. The van der Waals surface area contributed by atoms with Gasteiger partial charge in [0.25, 0.3) is 0 Å². The Hall–Kier alpha value is -0.800. The van der Waals surface area contributed by atoms with Crippen LogP contribution in [0.2, 0.25) is 0 Å². The van der Waals surface area contributed by atoms with Gasteiger partial charge in [0, 0.05) is 15.3 Å². The fourth-order valence-electron chi connectivity index (χ4n) is 1.08. The Bertz CT molecular complexity index is 288. The predicted molar refractivity (Wildman–Crippen MR) is 44.1 cm³/mol. The lowest BCUT2D eigenvalue weighted by Crippen LogP contribution is -1.90. The average Bonchev–Trinajstić information content (AvgIpc) is 2.46. The van der Waals surface area contributed by atoms with E-state index in [0.29, 0.717) is 6.61 Å². The highest BCUT2D eigenvalue weighted by molar-refractivity contribution is 7.13. The summed E-state index contributed by atoms with van der Waals surface area (Å²) >= 11 is 1.62. The Kier molecular flexibility index (Phi) is 1.68. The van der Waals surface area contributed by atoms with Gasteiger partial charge in [0.1, 0.15) is 6.61 Å². The minimum absolute atomic E-state index is 0.130. The highest BCUT2D eigenvalue weighted by atomic mass is 32.1. The van der Waals surface area contributed by atoms with Crippen LogP contribution >= 0.6 is 11.3 Å². The molecular weight excluding hydrogens is 160 g/mol. The van der Waals surface area contributed by atoms with E-state index in [1.807, 2.05) is 12.1 Å². The molecular formula is C8H8O2S. The third-order valence-electron chi connectivity index (χ3n) is 1.60. The van der Waals surface area contributed by atoms with Crippen molar-refractivity contribution >= 4 is 17.4 Å². The molecule has 2 nitrogen and oxygen atoms in total. The van der Waals surface area contributed by atoms with Gasteiger partial charge in [-0.05, 0) is 12.1 Å². The summed E-state index contributed by atoms with van der Waals surface area (Å²) in [6.07, 6.45) is 3.63. The van der Waals surface area contributed by atoms with Gasteiger partial charge in [0.15, 0.2) is 0 Å². The van der Waals surface area contributed by atoms with E-state index in [-0.39, 0.29) is 6.61 Å². The molecule has 0 radical (unpaired) electrons. The zero-order chi connectivity index (χ0) is 7.68. The van der Waals surface area contributed by atoms with E-state index in [0.717, 1.165) is 4.88 Å². The quantitative estimate of drug-likeness (QED) is 0.692. The van der Waals surface area contributed by atoms with Gasteiger partial charge in [0.05, 0.1) is 12.9 Å². The van der Waals surface area contributed by atoms with Gasteiger partial charge in [-0.3, -0.25) is 0 Å². The second-order valence-corrected chi connectivity index (χ2v) is 3.54. The fraction of sp³-hybridized carbons (Fsp3) is 0.250. The van der Waals surface area contributed by atoms with Crippen molar-refractivity contribution in [2.75, 3.05) is 0 Å². The minimum Gasteiger partial charge on any atom is -0.496 e. The average molecular weight is 168 g/mol. The smallest absolute Gasteiger partial charge is 0.114 e. The van der Waals surface area contributed by atoms with Crippen LogP contribution in [0.15, 0.2) is 12.3 Å². The number of rotatable bonds is 1. The zero-order valence-corrected chi connectivity index (χ0v) is 6.73. The van der Waals surface area contributed by atoms with E-state index in [4.69, 9.17) is 9.84 Å². The standard InChI is InChI=1S/C8H8O2S/c9-4-7-3-6-5-10-2-1-8(6)11-7/h1-3,9H,4-5H2. The Morgan fingerprint density at radius 3 is 3.27 bits per heavy atom. The van der Waals surface area contributed by atoms with Crippen LogP contribution in [0.3, 0.4) is 0 Å². The number of aliphatic hydroxyl groups excluding tert-OH is 1. The lowest BCUT2D eigenvalue weighted by atomic mass is 10.2. The molecule has 2 heterocycles. The van der Waals surface area contributed by atoms with Gasteiger partial charge in [-0.1, -0.05) is 0 Å². The van der Waals surface area contributed by atoms with Gasteiger partial charge < -0.3 is 9.84 Å². The van der Waals surface area contributed by atoms with Crippen LogP contribution < -0.4 is 0 Å². The second kappa shape index (κ2) is 2.68. The first-order valence-electron chi connectivity index (χ1n) is 3.41. The summed E-state index contributed by atoms with van der Waals surface area (Å²) in [5.74, 6) is 0. The Morgan fingerprint density at radius 1 is 1.64 bits per heavy atom. The Balaban J connectivity index is 2.42. The molecule has 0 unspecified atom stereocenters. The van der Waals surface area contributed by atoms with Crippen molar-refractivity contribution < 1.29 is 9.84 Å². The number of thiophene rings is 1. The highest BCUT2D eigenvalue weighted by Crippen LogP contribution is 2.27. The van der Waals surface area contributed by atoms with Gasteiger partial charge in [0.2, 0.25) is 0 Å². The maximum atomic E-state index is 8.83. The number of fused-ring (bicyclic) bond motifs is 1. The van der Waals surface area contributed by atoms with E-state index >= 15 is 0 Å². The zero-order valence-electron chi connectivity index (χ0n) is 5.91. The molecule has 0 amide bonds. The lowest BCUT2D eigenvalue weighted by molar-refractivity contribution is 0.235. The summed E-state index contributed by atoms with van der Waals surface area (Å²) in [6, 6.07) is 1.99. The van der Waals surface area contributed by atoms with Crippen molar-refractivity contribution in [1.82, 2.24) is 0 Å². The van der Waals surface area contributed by atoms with Crippen LogP contribution in [0.5, 0.6) is 0 Å². The lowest BCUT2D eigenvalue weighted by Gasteiger charge is -2.04. The maximum absolute atomic E-state index is 8.83. The predicted octanol–water partition coefficient (Wildman–Crippen LogP) is 1.74. The molecule has 58 valence electrons. The summed E-state index contributed by atoms with van der Waals surface area (Å²) in [5, 5.41) is 8.83. The number of aliphatic hydroxyl groups is 1. The van der Waals surface area contributed by atoms with Gasteiger partial charge in [-0.15, -0.1) is 11.3 Å². The molecule has 0 saturated heterocycles. The van der Waals surface area contributed by atoms with Crippen LogP contribution in [0.1, 0.15) is 15.3 Å². The monoisotopic (exact) mass is 168 g/mol. The Labute approximate surface area is 68.7 Å². The van der Waals surface area contributed by atoms with E-state index in [1.165, 1.54) is 10.4 Å². The molecule has 0 fully saturated rings. The normalized spacial score (nSPS) is 14.3. The van der Waals surface area contributed by atoms with E-state index in [2.05, 4.69) is 0 Å². The van der Waals surface area contributed by atoms with Crippen molar-refractivity contribution in [2.24, 2.45) is 0 Å². The third-order valence-corrected chi connectivity index (χ3v) is 2.73. The van der Waals surface area contributed by atoms with Crippen LogP contribution in [-0.4, -0.2) is 5.11 Å².